The molecule has 0 spiro atoms. The zero-order valence-electron chi connectivity index (χ0n) is 10.2. The fourth-order valence-corrected chi connectivity index (χ4v) is 2.35. The Morgan fingerprint density at radius 3 is 2.62 bits per heavy atom. The maximum Gasteiger partial charge on any atom is 0.106 e. The largest absolute Gasteiger partial charge is 0.399 e. The summed E-state index contributed by atoms with van der Waals surface area (Å²) in [6.45, 7) is 6.50. The number of nitrogens with two attached hydrogens (primary N) is 1. The SMILES string of the molecule is CCC(CC)n1c(C)nc2cc(N)ccc21. The predicted molar refractivity (Wildman–Crippen MR) is 68.5 cm³/mol. The third kappa shape index (κ3) is 1.66. The van der Waals surface area contributed by atoms with Crippen molar-refractivity contribution in [2.75, 3.05) is 5.73 Å². The van der Waals surface area contributed by atoms with Gasteiger partial charge in [0.1, 0.15) is 5.82 Å². The van der Waals surface area contributed by atoms with Gasteiger partial charge in [0.05, 0.1) is 11.0 Å². The molecule has 1 aromatic heterocycles. The van der Waals surface area contributed by atoms with Gasteiger partial charge in [-0.3, -0.25) is 0 Å². The van der Waals surface area contributed by atoms with Crippen LogP contribution in [-0.2, 0) is 0 Å². The fraction of sp³-hybridized carbons (Fsp3) is 0.462. The number of fused-ring (bicyclic) bond motifs is 1. The van der Waals surface area contributed by atoms with E-state index in [4.69, 9.17) is 5.73 Å². The van der Waals surface area contributed by atoms with Crippen molar-refractivity contribution in [3.8, 4) is 0 Å². The third-order valence-electron chi connectivity index (χ3n) is 3.20. The summed E-state index contributed by atoms with van der Waals surface area (Å²) in [5.74, 6) is 1.08. The second-order valence-electron chi connectivity index (χ2n) is 4.25. The van der Waals surface area contributed by atoms with Crippen LogP contribution >= 0.6 is 0 Å². The molecule has 2 rings (SSSR count). The summed E-state index contributed by atoms with van der Waals surface area (Å²) in [5, 5.41) is 0. The topological polar surface area (TPSA) is 43.8 Å². The van der Waals surface area contributed by atoms with Crippen LogP contribution in [0.25, 0.3) is 11.0 Å². The quantitative estimate of drug-likeness (QED) is 0.802. The maximum atomic E-state index is 5.78. The number of aromatic nitrogens is 2. The smallest absolute Gasteiger partial charge is 0.106 e. The van der Waals surface area contributed by atoms with Crippen molar-refractivity contribution in [3.63, 3.8) is 0 Å². The van der Waals surface area contributed by atoms with E-state index in [0.29, 0.717) is 6.04 Å². The molecule has 3 nitrogen and oxygen atoms in total. The highest BCUT2D eigenvalue weighted by Gasteiger charge is 2.13. The molecule has 0 aliphatic heterocycles. The van der Waals surface area contributed by atoms with Crippen LogP contribution in [0.4, 0.5) is 5.69 Å². The van der Waals surface area contributed by atoms with Gasteiger partial charge in [-0.05, 0) is 38.0 Å². The first kappa shape index (κ1) is 11.0. The summed E-state index contributed by atoms with van der Waals surface area (Å²) in [7, 11) is 0. The van der Waals surface area contributed by atoms with Crippen molar-refractivity contribution in [2.24, 2.45) is 0 Å². The molecular formula is C13H19N3. The van der Waals surface area contributed by atoms with E-state index >= 15 is 0 Å². The maximum absolute atomic E-state index is 5.78. The summed E-state index contributed by atoms with van der Waals surface area (Å²) < 4.78 is 2.33. The molecule has 0 aliphatic carbocycles. The monoisotopic (exact) mass is 217 g/mol. The minimum absolute atomic E-state index is 0.536. The van der Waals surface area contributed by atoms with Gasteiger partial charge in [-0.1, -0.05) is 13.8 Å². The molecule has 1 heterocycles. The summed E-state index contributed by atoms with van der Waals surface area (Å²) in [6, 6.07) is 6.50. The van der Waals surface area contributed by atoms with Crippen LogP contribution < -0.4 is 5.73 Å². The lowest BCUT2D eigenvalue weighted by Gasteiger charge is -2.17. The number of nitrogen functional groups attached to an aromatic ring is 1. The lowest BCUT2D eigenvalue weighted by Crippen LogP contribution is -2.08. The lowest BCUT2D eigenvalue weighted by atomic mass is 10.1. The van der Waals surface area contributed by atoms with Gasteiger partial charge in [0.25, 0.3) is 0 Å². The van der Waals surface area contributed by atoms with Crippen LogP contribution in [0.3, 0.4) is 0 Å². The Kier molecular flexibility index (Phi) is 2.86. The van der Waals surface area contributed by atoms with E-state index in [2.05, 4.69) is 36.4 Å². The van der Waals surface area contributed by atoms with E-state index in [1.54, 1.807) is 0 Å². The number of benzene rings is 1. The molecule has 86 valence electrons. The van der Waals surface area contributed by atoms with Gasteiger partial charge in [-0.2, -0.15) is 0 Å². The highest BCUT2D eigenvalue weighted by molar-refractivity contribution is 5.79. The third-order valence-corrected chi connectivity index (χ3v) is 3.20. The lowest BCUT2D eigenvalue weighted by molar-refractivity contribution is 0.473. The Balaban J connectivity index is 2.64. The molecule has 0 atom stereocenters. The Bertz CT molecular complexity index is 495. The average Bonchev–Trinajstić information content (AvgIpc) is 2.57. The number of anilines is 1. The first-order valence-electron chi connectivity index (χ1n) is 5.91. The van der Waals surface area contributed by atoms with Gasteiger partial charge < -0.3 is 10.3 Å². The number of rotatable bonds is 3. The zero-order chi connectivity index (χ0) is 11.7. The van der Waals surface area contributed by atoms with Crippen LogP contribution in [-0.4, -0.2) is 9.55 Å². The van der Waals surface area contributed by atoms with Crippen molar-refractivity contribution in [2.45, 2.75) is 39.7 Å². The Labute approximate surface area is 96.3 Å². The summed E-state index contributed by atoms with van der Waals surface area (Å²) in [4.78, 5) is 4.57. The highest BCUT2D eigenvalue weighted by atomic mass is 15.1. The van der Waals surface area contributed by atoms with Crippen molar-refractivity contribution < 1.29 is 0 Å². The van der Waals surface area contributed by atoms with Crippen LogP contribution in [0.1, 0.15) is 38.6 Å². The predicted octanol–water partition coefficient (Wildman–Crippen LogP) is 3.29. The van der Waals surface area contributed by atoms with Crippen LogP contribution in [0.5, 0.6) is 0 Å². The average molecular weight is 217 g/mol. The van der Waals surface area contributed by atoms with E-state index < -0.39 is 0 Å². The second-order valence-corrected chi connectivity index (χ2v) is 4.25. The minimum Gasteiger partial charge on any atom is -0.399 e. The van der Waals surface area contributed by atoms with Gasteiger partial charge in [0.15, 0.2) is 0 Å². The summed E-state index contributed by atoms with van der Waals surface area (Å²) in [6.07, 6.45) is 2.26. The molecule has 0 unspecified atom stereocenters. The van der Waals surface area contributed by atoms with Crippen molar-refractivity contribution in [3.05, 3.63) is 24.0 Å². The molecule has 2 aromatic rings. The molecule has 2 N–H and O–H groups in total. The number of hydrogen-bond donors (Lipinski definition) is 1. The van der Waals surface area contributed by atoms with Gasteiger partial charge in [-0.15, -0.1) is 0 Å². The van der Waals surface area contributed by atoms with E-state index in [1.165, 1.54) is 5.52 Å². The fourth-order valence-electron chi connectivity index (χ4n) is 2.35. The molecule has 0 radical (unpaired) electrons. The zero-order valence-corrected chi connectivity index (χ0v) is 10.2. The number of hydrogen-bond acceptors (Lipinski definition) is 2. The van der Waals surface area contributed by atoms with Crippen molar-refractivity contribution >= 4 is 16.7 Å². The molecule has 16 heavy (non-hydrogen) atoms. The van der Waals surface area contributed by atoms with E-state index in [9.17, 15) is 0 Å². The van der Waals surface area contributed by atoms with Crippen molar-refractivity contribution in [1.29, 1.82) is 0 Å². The van der Waals surface area contributed by atoms with E-state index in [0.717, 1.165) is 29.9 Å². The number of imidazole rings is 1. The first-order valence-corrected chi connectivity index (χ1v) is 5.91. The second kappa shape index (κ2) is 4.16. The van der Waals surface area contributed by atoms with Crippen LogP contribution in [0.2, 0.25) is 0 Å². The van der Waals surface area contributed by atoms with Gasteiger partial charge in [-0.25, -0.2) is 4.98 Å². The van der Waals surface area contributed by atoms with Crippen molar-refractivity contribution in [1.82, 2.24) is 9.55 Å². The van der Waals surface area contributed by atoms with E-state index in [-0.39, 0.29) is 0 Å². The van der Waals surface area contributed by atoms with Gasteiger partial charge >= 0.3 is 0 Å². The number of aryl methyl sites for hydroxylation is 1. The molecule has 0 aliphatic rings. The molecular weight excluding hydrogens is 198 g/mol. The standard InChI is InChI=1S/C13H19N3/c1-4-11(5-2)16-9(3)15-12-8-10(14)6-7-13(12)16/h6-8,11H,4-5,14H2,1-3H3. The van der Waals surface area contributed by atoms with Gasteiger partial charge in [0.2, 0.25) is 0 Å². The summed E-state index contributed by atoms with van der Waals surface area (Å²) >= 11 is 0. The Morgan fingerprint density at radius 2 is 2.00 bits per heavy atom. The molecule has 3 heteroatoms. The molecule has 0 fully saturated rings. The Morgan fingerprint density at radius 1 is 1.31 bits per heavy atom. The molecule has 0 amide bonds. The molecule has 0 saturated heterocycles. The molecule has 0 bridgehead atoms. The van der Waals surface area contributed by atoms with Crippen LogP contribution in [0.15, 0.2) is 18.2 Å². The normalized spacial score (nSPS) is 11.5. The molecule has 0 saturated carbocycles. The highest BCUT2D eigenvalue weighted by Crippen LogP contribution is 2.26. The summed E-state index contributed by atoms with van der Waals surface area (Å²) in [5.41, 5.74) is 8.75. The van der Waals surface area contributed by atoms with E-state index in [1.807, 2.05) is 12.1 Å². The van der Waals surface area contributed by atoms with Gasteiger partial charge in [0, 0.05) is 11.7 Å². The molecule has 1 aromatic carbocycles. The first-order chi connectivity index (χ1) is 7.67. The Hall–Kier alpha value is -1.51. The minimum atomic E-state index is 0.536. The van der Waals surface area contributed by atoms with Crippen LogP contribution in [0, 0.1) is 6.92 Å². The number of nitrogens with zero attached hydrogens (tertiary/aromatic N) is 2.